The molecule has 0 heterocycles. The van der Waals surface area contributed by atoms with Crippen LogP contribution in [0.25, 0.3) is 0 Å². The number of benzene rings is 2. The Labute approximate surface area is 160 Å². The Balaban J connectivity index is 2.51. The van der Waals surface area contributed by atoms with E-state index in [0.717, 1.165) is 35.1 Å². The molecule has 0 saturated carbocycles. The number of phenols is 1. The highest BCUT2D eigenvalue weighted by atomic mass is 31.1. The molecule has 0 radical (unpaired) electrons. The molecule has 2 aromatic rings. The first-order chi connectivity index (χ1) is 12.2. The van der Waals surface area contributed by atoms with Gasteiger partial charge in [-0.1, -0.05) is 78.2 Å². The molecule has 2 nitrogen and oxygen atoms in total. The van der Waals surface area contributed by atoms with Crippen molar-refractivity contribution < 1.29 is 10.2 Å². The largest absolute Gasteiger partial charge is 0.507 e. The van der Waals surface area contributed by atoms with Crippen LogP contribution in [0.1, 0.15) is 81.7 Å². The van der Waals surface area contributed by atoms with Gasteiger partial charge in [0.1, 0.15) is 5.75 Å². The second kappa shape index (κ2) is 8.55. The fraction of sp³-hybridized carbons (Fsp3) is 0.478. The predicted octanol–water partition coefficient (Wildman–Crippen LogP) is 5.90. The quantitative estimate of drug-likeness (QED) is 0.594. The fourth-order valence-corrected chi connectivity index (χ4v) is 5.11. The van der Waals surface area contributed by atoms with Crippen molar-refractivity contribution in [1.82, 2.24) is 0 Å². The lowest BCUT2D eigenvalue weighted by Gasteiger charge is -2.32. The molecule has 3 heteroatoms. The Hall–Kier alpha value is -1.37. The van der Waals surface area contributed by atoms with Gasteiger partial charge in [0, 0.05) is 10.7 Å². The first kappa shape index (κ1) is 20.9. The van der Waals surface area contributed by atoms with Crippen molar-refractivity contribution in [2.24, 2.45) is 0 Å². The van der Waals surface area contributed by atoms with Crippen molar-refractivity contribution in [3.8, 4) is 5.75 Å². The van der Waals surface area contributed by atoms with Crippen LogP contribution in [0.4, 0.5) is 0 Å². The van der Waals surface area contributed by atoms with Crippen LogP contribution in [-0.4, -0.2) is 10.2 Å². The fourth-order valence-electron chi connectivity index (χ4n) is 3.41. The van der Waals surface area contributed by atoms with Crippen molar-refractivity contribution in [3.63, 3.8) is 0 Å². The minimum Gasteiger partial charge on any atom is -0.507 e. The zero-order chi connectivity index (χ0) is 19.5. The van der Waals surface area contributed by atoms with Gasteiger partial charge in [-0.25, -0.2) is 0 Å². The summed E-state index contributed by atoms with van der Waals surface area (Å²) in [6.07, 6.45) is 1.45. The number of aliphatic hydroxyl groups excluding tert-OH is 1. The summed E-state index contributed by atoms with van der Waals surface area (Å²) in [6, 6.07) is 12.5. The summed E-state index contributed by atoms with van der Waals surface area (Å²) >= 11 is 0. The van der Waals surface area contributed by atoms with Crippen molar-refractivity contribution in [2.75, 3.05) is 0 Å². The molecule has 2 rings (SSSR count). The van der Waals surface area contributed by atoms with E-state index in [9.17, 15) is 10.2 Å². The molecule has 0 aromatic heterocycles. The molecule has 142 valence electrons. The van der Waals surface area contributed by atoms with Crippen LogP contribution in [0.3, 0.4) is 0 Å². The van der Waals surface area contributed by atoms with Crippen LogP contribution in [0.5, 0.6) is 5.75 Å². The standard InChI is InChI=1S/C23H33O2P/c1-7-16(4)18-10-9-11-20(22(18)25)23(6,8-2)26-21-13-12-15(3)14-19(21)17(5)24/h9-14,16-17,24-26H,7-8H2,1-6H3. The highest BCUT2D eigenvalue weighted by Crippen LogP contribution is 2.49. The first-order valence-electron chi connectivity index (χ1n) is 9.62. The maximum atomic E-state index is 11.0. The van der Waals surface area contributed by atoms with E-state index in [1.807, 2.05) is 13.0 Å². The van der Waals surface area contributed by atoms with E-state index in [1.165, 1.54) is 5.30 Å². The zero-order valence-electron chi connectivity index (χ0n) is 16.9. The lowest BCUT2D eigenvalue weighted by Crippen LogP contribution is -2.21. The highest BCUT2D eigenvalue weighted by molar-refractivity contribution is 7.48. The van der Waals surface area contributed by atoms with Gasteiger partial charge in [0.2, 0.25) is 0 Å². The highest BCUT2D eigenvalue weighted by Gasteiger charge is 2.30. The van der Waals surface area contributed by atoms with Crippen LogP contribution >= 0.6 is 8.58 Å². The monoisotopic (exact) mass is 372 g/mol. The minimum atomic E-state index is -0.487. The van der Waals surface area contributed by atoms with Crippen molar-refractivity contribution in [1.29, 1.82) is 0 Å². The first-order valence-corrected chi connectivity index (χ1v) is 10.6. The van der Waals surface area contributed by atoms with Crippen LogP contribution < -0.4 is 5.30 Å². The molecule has 2 aromatic carbocycles. The molecule has 0 amide bonds. The van der Waals surface area contributed by atoms with Gasteiger partial charge in [0.25, 0.3) is 0 Å². The Kier molecular flexibility index (Phi) is 6.88. The maximum Gasteiger partial charge on any atom is 0.123 e. The average Bonchev–Trinajstić information content (AvgIpc) is 2.62. The van der Waals surface area contributed by atoms with Crippen molar-refractivity contribution in [2.45, 2.75) is 71.6 Å². The number of phenolic OH excluding ortho intramolecular Hbond substituents is 1. The number of rotatable bonds is 7. The smallest absolute Gasteiger partial charge is 0.123 e. The Morgan fingerprint density at radius 2 is 1.77 bits per heavy atom. The summed E-state index contributed by atoms with van der Waals surface area (Å²) in [5.74, 6) is 0.788. The number of aryl methyl sites for hydroxylation is 1. The molecule has 4 unspecified atom stereocenters. The molecule has 0 aliphatic carbocycles. The van der Waals surface area contributed by atoms with Crippen LogP contribution in [-0.2, 0) is 5.16 Å². The molecule has 0 bridgehead atoms. The summed E-state index contributed by atoms with van der Waals surface area (Å²) in [5, 5.41) is 22.3. The molecule has 0 aliphatic heterocycles. The molecule has 26 heavy (non-hydrogen) atoms. The second-order valence-electron chi connectivity index (χ2n) is 7.63. The van der Waals surface area contributed by atoms with E-state index in [4.69, 9.17) is 0 Å². The van der Waals surface area contributed by atoms with E-state index in [0.29, 0.717) is 20.2 Å². The Bertz CT molecular complexity index is 754. The van der Waals surface area contributed by atoms with Gasteiger partial charge in [-0.05, 0) is 49.0 Å². The number of para-hydroxylation sites is 1. The molecule has 0 fully saturated rings. The molecule has 0 saturated heterocycles. The molecule has 0 spiro atoms. The van der Waals surface area contributed by atoms with E-state index in [1.54, 1.807) is 0 Å². The number of aromatic hydroxyl groups is 1. The average molecular weight is 372 g/mol. The minimum absolute atomic E-state index is 0.160. The SMILES string of the molecule is CCC(C)c1cccc(C(C)(CC)Pc2ccc(C)cc2C(C)O)c1O. The van der Waals surface area contributed by atoms with Crippen LogP contribution in [0.2, 0.25) is 0 Å². The summed E-state index contributed by atoms with van der Waals surface area (Å²) < 4.78 is 0. The second-order valence-corrected chi connectivity index (χ2v) is 9.52. The summed E-state index contributed by atoms with van der Waals surface area (Å²) in [5.41, 5.74) is 4.22. The van der Waals surface area contributed by atoms with Gasteiger partial charge in [-0.2, -0.15) is 0 Å². The molecule has 0 aliphatic rings. The van der Waals surface area contributed by atoms with Crippen LogP contribution in [0.15, 0.2) is 36.4 Å². The predicted molar refractivity (Wildman–Crippen MR) is 114 cm³/mol. The molecular weight excluding hydrogens is 339 g/mol. The third-order valence-electron chi connectivity index (χ3n) is 5.58. The maximum absolute atomic E-state index is 11.0. The van der Waals surface area contributed by atoms with Crippen molar-refractivity contribution >= 4 is 13.9 Å². The summed E-state index contributed by atoms with van der Waals surface area (Å²) in [4.78, 5) is 0. The van der Waals surface area contributed by atoms with Gasteiger partial charge in [0.05, 0.1) is 6.10 Å². The van der Waals surface area contributed by atoms with E-state index < -0.39 is 6.10 Å². The van der Waals surface area contributed by atoms with Gasteiger partial charge < -0.3 is 10.2 Å². The van der Waals surface area contributed by atoms with Gasteiger partial charge in [-0.15, -0.1) is 0 Å². The van der Waals surface area contributed by atoms with Crippen LogP contribution in [0, 0.1) is 6.92 Å². The Morgan fingerprint density at radius 3 is 2.35 bits per heavy atom. The zero-order valence-corrected chi connectivity index (χ0v) is 17.9. The molecular formula is C23H33O2P. The molecule has 2 N–H and O–H groups in total. The third kappa shape index (κ3) is 4.30. The van der Waals surface area contributed by atoms with Gasteiger partial charge in [-0.3, -0.25) is 0 Å². The van der Waals surface area contributed by atoms with Gasteiger partial charge >= 0.3 is 0 Å². The normalized spacial score (nSPS) is 16.6. The number of aliphatic hydroxyl groups is 1. The topological polar surface area (TPSA) is 40.5 Å². The van der Waals surface area contributed by atoms with Crippen molar-refractivity contribution in [3.05, 3.63) is 58.7 Å². The molecule has 4 atom stereocenters. The number of hydrogen-bond acceptors (Lipinski definition) is 2. The van der Waals surface area contributed by atoms with E-state index in [-0.39, 0.29) is 5.16 Å². The lowest BCUT2D eigenvalue weighted by molar-refractivity contribution is 0.200. The summed E-state index contributed by atoms with van der Waals surface area (Å²) in [7, 11) is 0.481. The van der Waals surface area contributed by atoms with Gasteiger partial charge in [0.15, 0.2) is 0 Å². The third-order valence-corrected chi connectivity index (χ3v) is 7.48. The number of hydrogen-bond donors (Lipinski definition) is 2. The van der Waals surface area contributed by atoms with E-state index in [2.05, 4.69) is 65.0 Å². The van der Waals surface area contributed by atoms with E-state index >= 15 is 0 Å². The summed E-state index contributed by atoms with van der Waals surface area (Å²) in [6.45, 7) is 12.6. The lowest BCUT2D eigenvalue weighted by atomic mass is 9.89. The Morgan fingerprint density at radius 1 is 1.08 bits per heavy atom.